The van der Waals surface area contributed by atoms with Crippen molar-refractivity contribution in [1.29, 1.82) is 0 Å². The number of esters is 1. The molecule has 0 saturated carbocycles. The van der Waals surface area contributed by atoms with Gasteiger partial charge in [0.1, 0.15) is 5.56 Å². The summed E-state index contributed by atoms with van der Waals surface area (Å²) in [5.74, 6) is -0.741. The van der Waals surface area contributed by atoms with E-state index < -0.39 is 10.9 Å². The Balaban J connectivity index is 2.41. The lowest BCUT2D eigenvalue weighted by Gasteiger charge is -2.20. The van der Waals surface area contributed by atoms with Crippen molar-refractivity contribution in [2.24, 2.45) is 0 Å². The lowest BCUT2D eigenvalue weighted by molar-refractivity contribution is -0.385. The van der Waals surface area contributed by atoms with Crippen molar-refractivity contribution in [3.63, 3.8) is 0 Å². The molecule has 23 heavy (non-hydrogen) atoms. The van der Waals surface area contributed by atoms with Gasteiger partial charge in [0.05, 0.1) is 30.5 Å². The quantitative estimate of drug-likeness (QED) is 0.473. The number of aromatic nitrogens is 2. The van der Waals surface area contributed by atoms with Crippen LogP contribution in [0.4, 0.5) is 11.4 Å². The molecule has 1 aromatic heterocycles. The molecule has 0 bridgehead atoms. The number of ether oxygens (including phenoxy) is 1. The summed E-state index contributed by atoms with van der Waals surface area (Å²) in [7, 11) is 2.99. The number of rotatable bonds is 5. The number of nitro benzene ring substituents is 1. The summed E-state index contributed by atoms with van der Waals surface area (Å²) in [6.45, 7) is 2.04. The molecular formula is C15H16N4O4. The molecule has 2 aromatic rings. The second-order valence-electron chi connectivity index (χ2n) is 4.96. The van der Waals surface area contributed by atoms with Gasteiger partial charge in [-0.1, -0.05) is 0 Å². The van der Waals surface area contributed by atoms with Crippen LogP contribution in [-0.4, -0.2) is 35.0 Å². The summed E-state index contributed by atoms with van der Waals surface area (Å²) in [5, 5.41) is 11.2. The van der Waals surface area contributed by atoms with Crippen LogP contribution in [0.5, 0.6) is 0 Å². The Kier molecular flexibility index (Phi) is 4.85. The SMILES string of the molecule is COC(=O)c1cc(N(C)Cc2cnccn2)cc(C)c1[N+](=O)[O-]. The van der Waals surface area contributed by atoms with E-state index >= 15 is 0 Å². The molecule has 0 unspecified atom stereocenters. The summed E-state index contributed by atoms with van der Waals surface area (Å²) in [6, 6.07) is 3.11. The smallest absolute Gasteiger partial charge is 0.344 e. The van der Waals surface area contributed by atoms with Crippen LogP contribution in [0.25, 0.3) is 0 Å². The van der Waals surface area contributed by atoms with Crippen molar-refractivity contribution in [3.8, 4) is 0 Å². The second-order valence-corrected chi connectivity index (χ2v) is 4.96. The third-order valence-corrected chi connectivity index (χ3v) is 3.33. The van der Waals surface area contributed by atoms with Gasteiger partial charge in [-0.3, -0.25) is 20.1 Å². The summed E-state index contributed by atoms with van der Waals surface area (Å²) < 4.78 is 4.65. The van der Waals surface area contributed by atoms with E-state index in [9.17, 15) is 14.9 Å². The Labute approximate surface area is 132 Å². The first-order chi connectivity index (χ1) is 10.9. The molecule has 8 heteroatoms. The summed E-state index contributed by atoms with van der Waals surface area (Å²) in [4.78, 5) is 32.5. The van der Waals surface area contributed by atoms with E-state index in [2.05, 4.69) is 14.7 Å². The topological polar surface area (TPSA) is 98.5 Å². The standard InChI is InChI=1S/C15H16N4O4/c1-10-6-12(18(2)9-11-8-16-4-5-17-11)7-13(15(20)23-3)14(10)19(21)22/h4-8H,9H2,1-3H3. The molecule has 0 aliphatic carbocycles. The highest BCUT2D eigenvalue weighted by Crippen LogP contribution is 2.30. The average molecular weight is 316 g/mol. The summed E-state index contributed by atoms with van der Waals surface area (Å²) in [5.41, 5.74) is 1.47. The van der Waals surface area contributed by atoms with Crippen molar-refractivity contribution in [3.05, 3.63) is 57.7 Å². The minimum atomic E-state index is -0.741. The van der Waals surface area contributed by atoms with Crippen LogP contribution in [0.1, 0.15) is 21.6 Å². The molecule has 0 amide bonds. The van der Waals surface area contributed by atoms with Crippen molar-refractivity contribution in [2.75, 3.05) is 19.1 Å². The number of nitro groups is 1. The Hall–Kier alpha value is -3.03. The number of carbonyl (C=O) groups is 1. The van der Waals surface area contributed by atoms with E-state index in [-0.39, 0.29) is 11.3 Å². The molecule has 2 rings (SSSR count). The fraction of sp³-hybridized carbons (Fsp3) is 0.267. The van der Waals surface area contributed by atoms with Crippen molar-refractivity contribution < 1.29 is 14.5 Å². The van der Waals surface area contributed by atoms with E-state index in [1.165, 1.54) is 13.2 Å². The van der Waals surface area contributed by atoms with Gasteiger partial charge in [-0.05, 0) is 19.1 Å². The molecular weight excluding hydrogens is 300 g/mol. The number of aryl methyl sites for hydroxylation is 1. The van der Waals surface area contributed by atoms with Crippen LogP contribution in [0.3, 0.4) is 0 Å². The van der Waals surface area contributed by atoms with Crippen LogP contribution in [0, 0.1) is 17.0 Å². The lowest BCUT2D eigenvalue weighted by Crippen LogP contribution is -2.19. The molecule has 0 spiro atoms. The minimum absolute atomic E-state index is 0.0708. The molecule has 0 N–H and O–H groups in total. The van der Waals surface area contributed by atoms with Gasteiger partial charge >= 0.3 is 5.97 Å². The molecule has 0 aliphatic heterocycles. The van der Waals surface area contributed by atoms with Crippen LogP contribution in [0.15, 0.2) is 30.7 Å². The Bertz CT molecular complexity index is 734. The maximum Gasteiger partial charge on any atom is 0.344 e. The Morgan fingerprint density at radius 3 is 2.70 bits per heavy atom. The number of nitrogens with zero attached hydrogens (tertiary/aromatic N) is 4. The van der Waals surface area contributed by atoms with E-state index in [0.717, 1.165) is 5.69 Å². The molecule has 0 saturated heterocycles. The Morgan fingerprint density at radius 2 is 2.13 bits per heavy atom. The third-order valence-electron chi connectivity index (χ3n) is 3.33. The normalized spacial score (nSPS) is 10.2. The van der Waals surface area contributed by atoms with Gasteiger partial charge in [0, 0.05) is 30.7 Å². The number of carbonyl (C=O) groups excluding carboxylic acids is 1. The molecule has 120 valence electrons. The zero-order valence-corrected chi connectivity index (χ0v) is 13.0. The van der Waals surface area contributed by atoms with Gasteiger partial charge in [-0.2, -0.15) is 0 Å². The van der Waals surface area contributed by atoms with E-state index in [4.69, 9.17) is 0 Å². The van der Waals surface area contributed by atoms with Crippen molar-refractivity contribution in [1.82, 2.24) is 9.97 Å². The first-order valence-corrected chi connectivity index (χ1v) is 6.77. The number of benzene rings is 1. The highest BCUT2D eigenvalue weighted by atomic mass is 16.6. The predicted octanol–water partition coefficient (Wildman–Crippen LogP) is 2.12. The molecule has 1 aromatic carbocycles. The zero-order valence-electron chi connectivity index (χ0n) is 13.0. The predicted molar refractivity (Wildman–Crippen MR) is 83.3 cm³/mol. The molecule has 8 nitrogen and oxygen atoms in total. The minimum Gasteiger partial charge on any atom is -0.465 e. The van der Waals surface area contributed by atoms with E-state index in [1.807, 2.05) is 4.90 Å². The van der Waals surface area contributed by atoms with Crippen LogP contribution < -0.4 is 4.90 Å². The van der Waals surface area contributed by atoms with Gasteiger partial charge in [-0.15, -0.1) is 0 Å². The lowest BCUT2D eigenvalue weighted by atomic mass is 10.1. The first kappa shape index (κ1) is 16.3. The highest BCUT2D eigenvalue weighted by Gasteiger charge is 2.25. The maximum absolute atomic E-state index is 11.9. The van der Waals surface area contributed by atoms with Gasteiger partial charge < -0.3 is 9.64 Å². The molecule has 1 heterocycles. The average Bonchev–Trinajstić information content (AvgIpc) is 2.53. The van der Waals surface area contributed by atoms with Gasteiger partial charge in [-0.25, -0.2) is 4.79 Å². The second kappa shape index (κ2) is 6.82. The van der Waals surface area contributed by atoms with E-state index in [1.54, 1.807) is 38.6 Å². The van der Waals surface area contributed by atoms with Gasteiger partial charge in [0.15, 0.2) is 0 Å². The van der Waals surface area contributed by atoms with Crippen LogP contribution in [0.2, 0.25) is 0 Å². The zero-order chi connectivity index (χ0) is 17.0. The Morgan fingerprint density at radius 1 is 1.39 bits per heavy atom. The van der Waals surface area contributed by atoms with Crippen LogP contribution in [-0.2, 0) is 11.3 Å². The number of anilines is 1. The van der Waals surface area contributed by atoms with Crippen LogP contribution >= 0.6 is 0 Å². The van der Waals surface area contributed by atoms with Gasteiger partial charge in [0.25, 0.3) is 5.69 Å². The van der Waals surface area contributed by atoms with Crippen molar-refractivity contribution in [2.45, 2.75) is 13.5 Å². The molecule has 0 aliphatic rings. The fourth-order valence-electron chi connectivity index (χ4n) is 2.23. The number of hydrogen-bond acceptors (Lipinski definition) is 7. The highest BCUT2D eigenvalue weighted by molar-refractivity contribution is 5.95. The molecule has 0 atom stereocenters. The molecule has 0 fully saturated rings. The summed E-state index contributed by atoms with van der Waals surface area (Å²) in [6.07, 6.45) is 4.80. The number of methoxy groups -OCH3 is 1. The fourth-order valence-corrected chi connectivity index (χ4v) is 2.23. The number of hydrogen-bond donors (Lipinski definition) is 0. The summed E-state index contributed by atoms with van der Waals surface area (Å²) >= 11 is 0. The largest absolute Gasteiger partial charge is 0.465 e. The van der Waals surface area contributed by atoms with Gasteiger partial charge in [0.2, 0.25) is 0 Å². The third kappa shape index (κ3) is 3.60. The first-order valence-electron chi connectivity index (χ1n) is 6.77. The van der Waals surface area contributed by atoms with Crippen molar-refractivity contribution >= 4 is 17.3 Å². The molecule has 0 radical (unpaired) electrons. The monoisotopic (exact) mass is 316 g/mol. The van der Waals surface area contributed by atoms with E-state index in [0.29, 0.717) is 17.8 Å². The maximum atomic E-state index is 11.9.